The Hall–Kier alpha value is -2.00. The largest absolute Gasteiger partial charge is 0.487 e. The summed E-state index contributed by atoms with van der Waals surface area (Å²) in [5.74, 6) is 2.13. The lowest BCUT2D eigenvalue weighted by Crippen LogP contribution is -2.37. The lowest BCUT2D eigenvalue weighted by atomic mass is 9.86. The fourth-order valence-electron chi connectivity index (χ4n) is 4.08. The van der Waals surface area contributed by atoms with Crippen LogP contribution >= 0.6 is 0 Å². The minimum Gasteiger partial charge on any atom is -0.487 e. The van der Waals surface area contributed by atoms with Gasteiger partial charge in [-0.15, -0.1) is 0 Å². The Balaban J connectivity index is 1.63. The average molecular weight is 366 g/mol. The fourth-order valence-corrected chi connectivity index (χ4v) is 4.08. The monoisotopic (exact) mass is 365 g/mol. The van der Waals surface area contributed by atoms with Crippen LogP contribution in [0.1, 0.15) is 62.8 Å². The molecule has 3 nitrogen and oxygen atoms in total. The quantitative estimate of drug-likeness (QED) is 0.809. The summed E-state index contributed by atoms with van der Waals surface area (Å²) in [5, 5.41) is 3.60. The van der Waals surface area contributed by atoms with E-state index in [0.717, 1.165) is 50.3 Å². The number of hydrogen-bond donors (Lipinski definition) is 1. The van der Waals surface area contributed by atoms with E-state index >= 15 is 0 Å². The molecule has 0 saturated carbocycles. The van der Waals surface area contributed by atoms with E-state index in [0.29, 0.717) is 0 Å². The van der Waals surface area contributed by atoms with Gasteiger partial charge in [0.2, 0.25) is 0 Å². The predicted octanol–water partition coefficient (Wildman–Crippen LogP) is 5.18. The fraction of sp³-hybridized carbons (Fsp3) is 0.500. The molecule has 2 aromatic carbocycles. The van der Waals surface area contributed by atoms with Crippen LogP contribution in [0.4, 0.5) is 0 Å². The molecule has 0 unspecified atom stereocenters. The van der Waals surface area contributed by atoms with Crippen molar-refractivity contribution in [3.63, 3.8) is 0 Å². The molecule has 2 heterocycles. The highest BCUT2D eigenvalue weighted by atomic mass is 16.5. The molecule has 3 heteroatoms. The molecule has 4 rings (SSSR count). The van der Waals surface area contributed by atoms with Crippen LogP contribution in [-0.4, -0.2) is 11.2 Å². The zero-order valence-corrected chi connectivity index (χ0v) is 17.0. The van der Waals surface area contributed by atoms with Gasteiger partial charge in [-0.3, -0.25) is 0 Å². The van der Waals surface area contributed by atoms with Crippen molar-refractivity contribution in [2.75, 3.05) is 0 Å². The van der Waals surface area contributed by atoms with Gasteiger partial charge >= 0.3 is 0 Å². The van der Waals surface area contributed by atoms with Gasteiger partial charge in [-0.2, -0.15) is 0 Å². The van der Waals surface area contributed by atoms with Gasteiger partial charge in [0.05, 0.1) is 0 Å². The SMILES string of the molecule is CC1(C)CCc2cc(CNCc3ccccc3)c3c(c2O1)CCC(C)(C)O3. The van der Waals surface area contributed by atoms with Crippen molar-refractivity contribution in [2.45, 2.75) is 77.7 Å². The minimum atomic E-state index is -0.125. The third-order valence-corrected chi connectivity index (χ3v) is 5.70. The smallest absolute Gasteiger partial charge is 0.131 e. The first-order valence-electron chi connectivity index (χ1n) is 10.1. The van der Waals surface area contributed by atoms with Crippen molar-refractivity contribution < 1.29 is 9.47 Å². The van der Waals surface area contributed by atoms with Crippen molar-refractivity contribution in [1.29, 1.82) is 0 Å². The number of ether oxygens (including phenoxy) is 2. The second-order valence-corrected chi connectivity index (χ2v) is 9.14. The van der Waals surface area contributed by atoms with E-state index in [2.05, 4.69) is 69.4 Å². The van der Waals surface area contributed by atoms with Crippen LogP contribution < -0.4 is 14.8 Å². The number of aryl methyl sites for hydroxylation is 1. The van der Waals surface area contributed by atoms with Crippen molar-refractivity contribution in [3.8, 4) is 11.5 Å². The molecule has 0 bridgehead atoms. The molecule has 0 radical (unpaired) electrons. The van der Waals surface area contributed by atoms with Gasteiger partial charge in [0.25, 0.3) is 0 Å². The minimum absolute atomic E-state index is 0.0964. The Labute approximate surface area is 163 Å². The van der Waals surface area contributed by atoms with E-state index in [9.17, 15) is 0 Å². The Morgan fingerprint density at radius 2 is 1.52 bits per heavy atom. The Morgan fingerprint density at radius 1 is 0.852 bits per heavy atom. The van der Waals surface area contributed by atoms with Crippen LogP contribution in [0.5, 0.6) is 11.5 Å². The first-order valence-corrected chi connectivity index (χ1v) is 10.1. The van der Waals surface area contributed by atoms with Gasteiger partial charge in [0.1, 0.15) is 22.7 Å². The number of hydrogen-bond acceptors (Lipinski definition) is 3. The topological polar surface area (TPSA) is 30.5 Å². The van der Waals surface area contributed by atoms with E-state index in [1.165, 1.54) is 22.3 Å². The van der Waals surface area contributed by atoms with E-state index in [-0.39, 0.29) is 11.2 Å². The third kappa shape index (κ3) is 3.98. The second-order valence-electron chi connectivity index (χ2n) is 9.14. The summed E-state index contributed by atoms with van der Waals surface area (Å²) in [6, 6.07) is 12.9. The number of benzene rings is 2. The summed E-state index contributed by atoms with van der Waals surface area (Å²) < 4.78 is 12.9. The lowest BCUT2D eigenvalue weighted by molar-refractivity contribution is 0.0657. The van der Waals surface area contributed by atoms with Gasteiger partial charge in [0.15, 0.2) is 0 Å². The summed E-state index contributed by atoms with van der Waals surface area (Å²) in [5.41, 5.74) is 4.95. The van der Waals surface area contributed by atoms with Crippen molar-refractivity contribution in [2.24, 2.45) is 0 Å². The molecule has 0 fully saturated rings. The molecule has 2 aromatic rings. The molecule has 0 saturated heterocycles. The molecule has 2 aliphatic rings. The predicted molar refractivity (Wildman–Crippen MR) is 109 cm³/mol. The van der Waals surface area contributed by atoms with Crippen LogP contribution in [0.15, 0.2) is 36.4 Å². The third-order valence-electron chi connectivity index (χ3n) is 5.70. The van der Waals surface area contributed by atoms with Gasteiger partial charge < -0.3 is 14.8 Å². The molecular weight excluding hydrogens is 334 g/mol. The number of nitrogens with one attached hydrogen (secondary N) is 1. The van der Waals surface area contributed by atoms with Gasteiger partial charge in [-0.05, 0) is 70.6 Å². The van der Waals surface area contributed by atoms with E-state index in [4.69, 9.17) is 9.47 Å². The second kappa shape index (κ2) is 6.87. The molecule has 0 atom stereocenters. The molecule has 1 N–H and O–H groups in total. The van der Waals surface area contributed by atoms with Crippen LogP contribution in [0.25, 0.3) is 0 Å². The van der Waals surface area contributed by atoms with Crippen molar-refractivity contribution in [1.82, 2.24) is 5.32 Å². The van der Waals surface area contributed by atoms with E-state index in [1.807, 2.05) is 0 Å². The summed E-state index contributed by atoms with van der Waals surface area (Å²) in [6.07, 6.45) is 4.18. The number of fused-ring (bicyclic) bond motifs is 3. The van der Waals surface area contributed by atoms with Crippen LogP contribution in [0, 0.1) is 0 Å². The van der Waals surface area contributed by atoms with E-state index in [1.54, 1.807) is 0 Å². The standard InChI is InChI=1S/C24H31NO2/c1-23(2)12-10-18-14-19(16-25-15-17-8-6-5-7-9-17)22-20(21(18)26-23)11-13-24(3,4)27-22/h5-9,14,25H,10-13,15-16H2,1-4H3. The molecule has 0 amide bonds. The van der Waals surface area contributed by atoms with E-state index < -0.39 is 0 Å². The highest BCUT2D eigenvalue weighted by Crippen LogP contribution is 2.46. The number of rotatable bonds is 4. The summed E-state index contributed by atoms with van der Waals surface area (Å²) in [6.45, 7) is 10.4. The zero-order chi connectivity index (χ0) is 19.1. The maximum absolute atomic E-state index is 6.47. The molecule has 0 spiro atoms. The Bertz CT molecular complexity index is 824. The summed E-state index contributed by atoms with van der Waals surface area (Å²) in [7, 11) is 0. The Morgan fingerprint density at radius 3 is 2.26 bits per heavy atom. The normalized spacial score (nSPS) is 19.4. The first kappa shape index (κ1) is 18.4. The van der Waals surface area contributed by atoms with Crippen molar-refractivity contribution in [3.05, 3.63) is 58.7 Å². The molecular formula is C24H31NO2. The first-order chi connectivity index (χ1) is 12.8. The maximum Gasteiger partial charge on any atom is 0.131 e. The summed E-state index contributed by atoms with van der Waals surface area (Å²) >= 11 is 0. The maximum atomic E-state index is 6.47. The van der Waals surface area contributed by atoms with Gasteiger partial charge in [-0.1, -0.05) is 30.3 Å². The van der Waals surface area contributed by atoms with Crippen LogP contribution in [-0.2, 0) is 25.9 Å². The van der Waals surface area contributed by atoms with Crippen molar-refractivity contribution >= 4 is 0 Å². The highest BCUT2D eigenvalue weighted by Gasteiger charge is 2.35. The van der Waals surface area contributed by atoms with Crippen LogP contribution in [0.2, 0.25) is 0 Å². The summed E-state index contributed by atoms with van der Waals surface area (Å²) in [4.78, 5) is 0. The van der Waals surface area contributed by atoms with Gasteiger partial charge in [0, 0.05) is 24.2 Å². The zero-order valence-electron chi connectivity index (χ0n) is 17.0. The highest BCUT2D eigenvalue weighted by molar-refractivity contribution is 5.57. The molecule has 0 aromatic heterocycles. The molecule has 0 aliphatic carbocycles. The molecule has 144 valence electrons. The average Bonchev–Trinajstić information content (AvgIpc) is 2.62. The Kier molecular flexibility index (Phi) is 4.67. The molecule has 27 heavy (non-hydrogen) atoms. The molecule has 2 aliphatic heterocycles. The van der Waals surface area contributed by atoms with Gasteiger partial charge in [-0.25, -0.2) is 0 Å². The lowest BCUT2D eigenvalue weighted by Gasteiger charge is -2.39. The van der Waals surface area contributed by atoms with Crippen LogP contribution in [0.3, 0.4) is 0 Å².